The van der Waals surface area contributed by atoms with Crippen molar-refractivity contribution in [3.05, 3.63) is 90.0 Å². The molecule has 3 N–H and O–H groups in total. The highest BCUT2D eigenvalue weighted by Crippen LogP contribution is 2.44. The Kier molecular flexibility index (Phi) is 9.87. The van der Waals surface area contributed by atoms with Gasteiger partial charge in [0.05, 0.1) is 45.8 Å². The molecule has 1 unspecified atom stereocenters. The van der Waals surface area contributed by atoms with Gasteiger partial charge in [0.2, 0.25) is 11.8 Å². The lowest BCUT2D eigenvalue weighted by Crippen LogP contribution is -2.73. The number of anilines is 4. The van der Waals surface area contributed by atoms with Crippen molar-refractivity contribution in [2.24, 2.45) is 12.5 Å². The van der Waals surface area contributed by atoms with Gasteiger partial charge in [-0.1, -0.05) is 12.1 Å². The quantitative estimate of drug-likeness (QED) is 0.174. The number of piperidine rings is 1. The maximum absolute atomic E-state index is 15.9. The smallest absolute Gasteiger partial charge is 0.329 e. The number of nitrogens with one attached hydrogen (secondary N) is 2. The molecule has 0 saturated carbocycles. The molecule has 4 fully saturated rings. The fourth-order valence-electron chi connectivity index (χ4n) is 10.7. The summed E-state index contributed by atoms with van der Waals surface area (Å²) < 4.78 is 21.1. The highest BCUT2D eigenvalue weighted by molar-refractivity contribution is 7.13. The Hall–Kier alpha value is -7.26. The van der Waals surface area contributed by atoms with Gasteiger partial charge in [-0.05, 0) is 61.1 Å². The van der Waals surface area contributed by atoms with Gasteiger partial charge >= 0.3 is 6.03 Å². The van der Waals surface area contributed by atoms with Gasteiger partial charge < -0.3 is 24.4 Å². The number of carbonyl (C=O) groups excluding carboxylic acids is 4. The Balaban J connectivity index is 0.652. The van der Waals surface area contributed by atoms with Crippen LogP contribution in [0.1, 0.15) is 49.5 Å². The summed E-state index contributed by atoms with van der Waals surface area (Å²) in [4.78, 5) is 72.7. The van der Waals surface area contributed by atoms with Gasteiger partial charge in [-0.15, -0.1) is 11.3 Å². The van der Waals surface area contributed by atoms with Crippen LogP contribution >= 0.6 is 11.3 Å². The van der Waals surface area contributed by atoms with Crippen LogP contribution in [0.25, 0.3) is 32.9 Å². The number of thiazole rings is 1. The van der Waals surface area contributed by atoms with Gasteiger partial charge in [0.15, 0.2) is 17.0 Å². The van der Waals surface area contributed by atoms with E-state index < -0.39 is 23.5 Å². The minimum atomic E-state index is -1.11. The molecule has 0 aliphatic carbocycles. The van der Waals surface area contributed by atoms with Gasteiger partial charge in [0.1, 0.15) is 11.6 Å². The fourth-order valence-corrected chi connectivity index (χ4v) is 11.2. The minimum absolute atomic E-state index is 0.0181. The van der Waals surface area contributed by atoms with Crippen molar-refractivity contribution in [2.45, 2.75) is 56.7 Å². The number of hydrogen-bond donors (Lipinski definition) is 3. The van der Waals surface area contributed by atoms with Crippen molar-refractivity contribution in [3.8, 4) is 11.1 Å². The van der Waals surface area contributed by atoms with Crippen molar-refractivity contribution in [3.63, 3.8) is 0 Å². The number of benzene rings is 2. The maximum atomic E-state index is 15.9. The number of rotatable bonds is 10. The molecule has 1 spiro atoms. The van der Waals surface area contributed by atoms with Crippen LogP contribution in [-0.2, 0) is 34.4 Å². The Morgan fingerprint density at radius 3 is 2.50 bits per heavy atom. The molecule has 7 aromatic rings. The van der Waals surface area contributed by atoms with E-state index in [-0.39, 0.29) is 42.5 Å². The molecule has 21 heteroatoms. The first kappa shape index (κ1) is 42.1. The molecule has 5 aliphatic rings. The molecule has 4 saturated heterocycles. The van der Waals surface area contributed by atoms with Crippen molar-refractivity contribution in [1.29, 1.82) is 0 Å². The highest BCUT2D eigenvalue weighted by atomic mass is 32.1. The monoisotopic (exact) mass is 938 g/mol. The summed E-state index contributed by atoms with van der Waals surface area (Å²) in [5, 5.41) is 29.4. The van der Waals surface area contributed by atoms with Crippen LogP contribution in [0.2, 0.25) is 0 Å². The van der Waals surface area contributed by atoms with E-state index in [1.807, 2.05) is 41.3 Å². The molecule has 5 amide bonds. The summed E-state index contributed by atoms with van der Waals surface area (Å²) in [5.74, 6) is 0.0391. The van der Waals surface area contributed by atoms with E-state index in [4.69, 9.17) is 5.10 Å². The molecule has 348 valence electrons. The number of nitrogens with zero attached hydrogens (tertiary/aromatic N) is 12. The summed E-state index contributed by atoms with van der Waals surface area (Å²) in [6.45, 7) is 5.05. The van der Waals surface area contributed by atoms with Crippen molar-refractivity contribution in [1.82, 2.24) is 49.3 Å². The van der Waals surface area contributed by atoms with Crippen LogP contribution in [0.15, 0.2) is 72.8 Å². The molecule has 10 heterocycles. The number of urea groups is 1. The van der Waals surface area contributed by atoms with E-state index in [1.165, 1.54) is 27.0 Å². The van der Waals surface area contributed by atoms with Crippen molar-refractivity contribution < 1.29 is 28.7 Å². The SMILES string of the molecule is Cn1nc(N2CCC(=O)NC2=O)c2cnc(N3CCC(O)(CC(=O)N4CC5(C4)CN(c4ccc(-c6cc(F)c7cn(C(C(=O)Nc8nccs8)c8ncn9c8CCC9)nc7c6)cc4)C5)CC3)cc21. The zero-order chi connectivity index (χ0) is 46.5. The van der Waals surface area contributed by atoms with Gasteiger partial charge in [-0.25, -0.2) is 24.1 Å². The Bertz CT molecular complexity index is 3160. The van der Waals surface area contributed by atoms with Gasteiger partial charge in [-0.3, -0.25) is 39.3 Å². The van der Waals surface area contributed by atoms with Crippen LogP contribution in [0.4, 0.5) is 31.6 Å². The summed E-state index contributed by atoms with van der Waals surface area (Å²) in [7, 11) is 1.80. The molecule has 2 aromatic carbocycles. The Morgan fingerprint density at radius 2 is 1.74 bits per heavy atom. The number of likely N-dealkylation sites (tertiary alicyclic amines) is 1. The maximum Gasteiger partial charge on any atom is 0.329 e. The Labute approximate surface area is 392 Å². The van der Waals surface area contributed by atoms with Crippen LogP contribution in [-0.4, -0.2) is 124 Å². The number of pyridine rings is 1. The van der Waals surface area contributed by atoms with Crippen LogP contribution in [0, 0.1) is 11.2 Å². The molecule has 0 radical (unpaired) electrons. The molecule has 19 nitrogen and oxygen atoms in total. The number of aryl methyl sites for hydroxylation is 2. The first-order valence-electron chi connectivity index (χ1n) is 22.9. The predicted octanol–water partition coefficient (Wildman–Crippen LogP) is 4.47. The van der Waals surface area contributed by atoms with E-state index in [0.29, 0.717) is 77.5 Å². The number of amides is 5. The molecule has 5 aliphatic heterocycles. The van der Waals surface area contributed by atoms with E-state index in [0.717, 1.165) is 60.8 Å². The predicted molar refractivity (Wildman–Crippen MR) is 251 cm³/mol. The standard InChI is InChI=1S/C47H47FN14O5S/c1-56-36-19-37(50-21-31(36)42(55-56)61-13-8-38(63)52-45(61)66)57-14-9-47(67,10-15-57)20-39(64)60-25-46(26-60)23-59(24-46)30-6-4-28(5-7-30)29-17-33(48)32-22-62(54-34(32)18-29)41(43(65)53-44-49-11-16-68-44)40-35-3-2-12-58(35)27-51-40/h4-7,11,16-19,21-22,27,41,67H,2-3,8-10,12-15,20,23-26H2,1H3,(H,49,53,65)(H,52,63,66). The summed E-state index contributed by atoms with van der Waals surface area (Å²) >= 11 is 1.32. The van der Waals surface area contributed by atoms with E-state index >= 15 is 4.39 Å². The zero-order valence-corrected chi connectivity index (χ0v) is 38.0. The lowest BCUT2D eigenvalue weighted by molar-refractivity contribution is -0.151. The topological polar surface area (TPSA) is 205 Å². The second kappa shape index (κ2) is 15.9. The third-order valence-corrected chi connectivity index (χ3v) is 15.0. The number of carbonyl (C=O) groups is 4. The minimum Gasteiger partial charge on any atom is -0.389 e. The number of imidazole rings is 1. The number of aromatic nitrogens is 8. The lowest BCUT2D eigenvalue weighted by atomic mass is 9.72. The van der Waals surface area contributed by atoms with Crippen molar-refractivity contribution >= 4 is 79.3 Å². The number of halogens is 1. The average molecular weight is 939 g/mol. The van der Waals surface area contributed by atoms with Crippen LogP contribution in [0.3, 0.4) is 0 Å². The van der Waals surface area contributed by atoms with Crippen LogP contribution in [0.5, 0.6) is 0 Å². The number of imide groups is 1. The van der Waals surface area contributed by atoms with Crippen molar-refractivity contribution in [2.75, 3.05) is 65.8 Å². The first-order chi connectivity index (χ1) is 32.9. The second-order valence-corrected chi connectivity index (χ2v) is 19.8. The normalized spacial score (nSPS) is 19.0. The summed E-state index contributed by atoms with van der Waals surface area (Å²) in [5.41, 5.74) is 4.25. The van der Waals surface area contributed by atoms with Gasteiger partial charge in [0.25, 0.3) is 5.91 Å². The lowest BCUT2D eigenvalue weighted by Gasteiger charge is -2.61. The largest absolute Gasteiger partial charge is 0.389 e. The first-order valence-corrected chi connectivity index (χ1v) is 23.7. The Morgan fingerprint density at radius 1 is 0.926 bits per heavy atom. The van der Waals surface area contributed by atoms with Crippen LogP contribution < -0.4 is 25.3 Å². The molecular weight excluding hydrogens is 892 g/mol. The third-order valence-electron chi connectivity index (χ3n) is 14.4. The molecule has 0 bridgehead atoms. The molecule has 68 heavy (non-hydrogen) atoms. The average Bonchev–Trinajstić information content (AvgIpc) is 4.15. The highest BCUT2D eigenvalue weighted by Gasteiger charge is 2.54. The number of aliphatic hydroxyl groups is 1. The fraction of sp³-hybridized carbons (Fsp3) is 0.383. The number of hydrogen-bond acceptors (Lipinski definition) is 13. The van der Waals surface area contributed by atoms with Gasteiger partial charge in [-0.2, -0.15) is 10.2 Å². The molecule has 12 rings (SSSR count). The van der Waals surface area contributed by atoms with E-state index in [2.05, 4.69) is 45.1 Å². The number of fused-ring (bicyclic) bond motifs is 3. The summed E-state index contributed by atoms with van der Waals surface area (Å²) in [6.07, 6.45) is 9.51. The summed E-state index contributed by atoms with van der Waals surface area (Å²) in [6, 6.07) is 11.9. The molecular formula is C47H47FN14O5S. The zero-order valence-electron chi connectivity index (χ0n) is 37.1. The second-order valence-electron chi connectivity index (χ2n) is 18.9. The van der Waals surface area contributed by atoms with E-state index in [1.54, 1.807) is 42.0 Å². The molecule has 5 aromatic heterocycles. The molecule has 1 atom stereocenters. The van der Waals surface area contributed by atoms with Gasteiger partial charge in [0, 0.05) is 113 Å². The van der Waals surface area contributed by atoms with E-state index in [9.17, 15) is 24.3 Å². The third kappa shape index (κ3) is 7.30.